The van der Waals surface area contributed by atoms with Crippen LogP contribution in [0.15, 0.2) is 53.6 Å². The van der Waals surface area contributed by atoms with E-state index in [2.05, 4.69) is 21.2 Å². The number of anilines is 1. The van der Waals surface area contributed by atoms with Crippen LogP contribution in [0.3, 0.4) is 0 Å². The lowest BCUT2D eigenvalue weighted by molar-refractivity contribution is -0.139. The van der Waals surface area contributed by atoms with Gasteiger partial charge in [-0.15, -0.1) is 0 Å². The van der Waals surface area contributed by atoms with Crippen LogP contribution in [0.4, 0.5) is 5.69 Å². The molecule has 9 heteroatoms. The number of rotatable bonds is 10. The molecule has 0 atom stereocenters. The maximum absolute atomic E-state index is 12.0. The molecule has 0 unspecified atom stereocenters. The van der Waals surface area contributed by atoms with E-state index in [4.69, 9.17) is 9.47 Å². The van der Waals surface area contributed by atoms with Gasteiger partial charge in [-0.2, -0.15) is 5.10 Å². The van der Waals surface area contributed by atoms with Gasteiger partial charge in [0.15, 0.2) is 6.61 Å². The topological polar surface area (TPSA) is 118 Å². The number of hydrogen-bond acceptors (Lipinski definition) is 6. The molecule has 9 nitrogen and oxygen atoms in total. The summed E-state index contributed by atoms with van der Waals surface area (Å²) >= 11 is 0. The molecular weight excluding hydrogens is 400 g/mol. The first kappa shape index (κ1) is 23.4. The number of nitrogens with one attached hydrogen (secondary N) is 3. The largest absolute Gasteiger partial charge is 0.497 e. The number of carbonyl (C=O) groups is 3. The number of carbonyl (C=O) groups excluding carboxylic acids is 3. The van der Waals surface area contributed by atoms with E-state index in [0.29, 0.717) is 29.3 Å². The van der Waals surface area contributed by atoms with E-state index in [9.17, 15) is 14.4 Å². The molecule has 0 radical (unpaired) electrons. The Kier molecular flexibility index (Phi) is 9.54. The van der Waals surface area contributed by atoms with Crippen LogP contribution >= 0.6 is 0 Å². The summed E-state index contributed by atoms with van der Waals surface area (Å²) in [5.74, 6) is -0.637. The van der Waals surface area contributed by atoms with Gasteiger partial charge >= 0.3 is 11.8 Å². The van der Waals surface area contributed by atoms with Gasteiger partial charge in [-0.25, -0.2) is 5.43 Å². The summed E-state index contributed by atoms with van der Waals surface area (Å²) in [6.45, 7) is 2.29. The van der Waals surface area contributed by atoms with E-state index < -0.39 is 11.8 Å². The van der Waals surface area contributed by atoms with E-state index >= 15 is 0 Å². The van der Waals surface area contributed by atoms with Gasteiger partial charge in [0, 0.05) is 12.2 Å². The average molecular weight is 426 g/mol. The number of hydrazone groups is 1. The first-order valence-electron chi connectivity index (χ1n) is 9.79. The zero-order valence-corrected chi connectivity index (χ0v) is 17.5. The summed E-state index contributed by atoms with van der Waals surface area (Å²) in [6.07, 6.45) is 3.13. The van der Waals surface area contributed by atoms with Gasteiger partial charge in [-0.05, 0) is 60.5 Å². The van der Waals surface area contributed by atoms with Crippen molar-refractivity contribution in [3.8, 4) is 11.5 Å². The molecule has 164 valence electrons. The minimum atomic E-state index is -0.824. The smallest absolute Gasteiger partial charge is 0.329 e. The van der Waals surface area contributed by atoms with Crippen LogP contribution < -0.4 is 25.5 Å². The van der Waals surface area contributed by atoms with Crippen LogP contribution in [-0.4, -0.2) is 44.2 Å². The number of benzene rings is 2. The molecule has 0 fully saturated rings. The van der Waals surface area contributed by atoms with Gasteiger partial charge in [0.25, 0.3) is 5.91 Å². The molecule has 0 bridgehead atoms. The van der Waals surface area contributed by atoms with Crippen molar-refractivity contribution in [2.75, 3.05) is 25.6 Å². The molecule has 0 aromatic heterocycles. The Morgan fingerprint density at radius 3 is 2.29 bits per heavy atom. The first-order chi connectivity index (χ1) is 15.0. The quantitative estimate of drug-likeness (QED) is 0.233. The van der Waals surface area contributed by atoms with Crippen molar-refractivity contribution in [2.45, 2.75) is 19.8 Å². The number of methoxy groups -OCH3 is 1. The molecule has 0 saturated heterocycles. The minimum absolute atomic E-state index is 0.150. The third-order valence-electron chi connectivity index (χ3n) is 4.03. The van der Waals surface area contributed by atoms with Crippen molar-refractivity contribution >= 4 is 29.6 Å². The number of amides is 3. The molecule has 0 aliphatic carbocycles. The summed E-state index contributed by atoms with van der Waals surface area (Å²) in [5, 5.41) is 8.98. The molecule has 31 heavy (non-hydrogen) atoms. The lowest BCUT2D eigenvalue weighted by atomic mass is 10.2. The standard InChI is InChI=1S/C22H26N4O5/c1-3-4-13-23-21(28)22(29)26-24-14-16-5-9-19(10-6-16)31-15-20(27)25-17-7-11-18(30-2)12-8-17/h5-12,14H,3-4,13,15H2,1-2H3,(H,23,28)(H,25,27)(H,26,29)/b24-14-. The lowest BCUT2D eigenvalue weighted by Gasteiger charge is -2.08. The average Bonchev–Trinajstić information content (AvgIpc) is 2.79. The highest BCUT2D eigenvalue weighted by molar-refractivity contribution is 6.35. The fourth-order valence-electron chi connectivity index (χ4n) is 2.35. The summed E-state index contributed by atoms with van der Waals surface area (Å²) < 4.78 is 10.5. The highest BCUT2D eigenvalue weighted by atomic mass is 16.5. The summed E-state index contributed by atoms with van der Waals surface area (Å²) in [7, 11) is 1.57. The maximum atomic E-state index is 12.0. The fraction of sp³-hybridized carbons (Fsp3) is 0.273. The predicted octanol–water partition coefficient (Wildman–Crippen LogP) is 2.08. The molecule has 3 N–H and O–H groups in total. The molecule has 2 aromatic carbocycles. The minimum Gasteiger partial charge on any atom is -0.497 e. The second-order valence-electron chi connectivity index (χ2n) is 6.44. The van der Waals surface area contributed by atoms with Crippen LogP contribution in [0.2, 0.25) is 0 Å². The molecule has 0 heterocycles. The third kappa shape index (κ3) is 8.57. The van der Waals surface area contributed by atoms with E-state index in [1.54, 1.807) is 55.6 Å². The Morgan fingerprint density at radius 1 is 0.968 bits per heavy atom. The lowest BCUT2D eigenvalue weighted by Crippen LogP contribution is -2.38. The second-order valence-corrected chi connectivity index (χ2v) is 6.44. The van der Waals surface area contributed by atoms with Gasteiger partial charge in [-0.1, -0.05) is 13.3 Å². The van der Waals surface area contributed by atoms with E-state index in [1.165, 1.54) is 6.21 Å². The van der Waals surface area contributed by atoms with E-state index in [1.807, 2.05) is 6.92 Å². The molecule has 0 aliphatic rings. The number of unbranched alkanes of at least 4 members (excludes halogenated alkanes) is 1. The van der Waals surface area contributed by atoms with Crippen molar-refractivity contribution in [1.82, 2.24) is 10.7 Å². The summed E-state index contributed by atoms with van der Waals surface area (Å²) in [6, 6.07) is 13.7. The zero-order chi connectivity index (χ0) is 22.5. The van der Waals surface area contributed by atoms with Gasteiger partial charge in [-0.3, -0.25) is 14.4 Å². The first-order valence-corrected chi connectivity index (χ1v) is 9.79. The van der Waals surface area contributed by atoms with Crippen molar-refractivity contribution in [3.05, 3.63) is 54.1 Å². The Labute approximate surface area is 180 Å². The Bertz CT molecular complexity index is 895. The highest BCUT2D eigenvalue weighted by Crippen LogP contribution is 2.15. The molecule has 3 amide bonds. The van der Waals surface area contributed by atoms with Crippen LogP contribution in [-0.2, 0) is 14.4 Å². The SMILES string of the molecule is CCCCNC(=O)C(=O)N/N=C\c1ccc(OCC(=O)Nc2ccc(OC)cc2)cc1. The number of hydrogen-bond donors (Lipinski definition) is 3. The van der Waals surface area contributed by atoms with Gasteiger partial charge in [0.2, 0.25) is 0 Å². The third-order valence-corrected chi connectivity index (χ3v) is 4.03. The van der Waals surface area contributed by atoms with E-state index in [-0.39, 0.29) is 12.5 Å². The van der Waals surface area contributed by atoms with Gasteiger partial charge in [0.1, 0.15) is 11.5 Å². The molecule has 0 aliphatic heterocycles. The molecular formula is C22H26N4O5. The second kappa shape index (κ2) is 12.6. The van der Waals surface area contributed by atoms with Gasteiger partial charge in [0.05, 0.1) is 13.3 Å². The molecule has 2 rings (SSSR count). The zero-order valence-electron chi connectivity index (χ0n) is 17.5. The van der Waals surface area contributed by atoms with Crippen LogP contribution in [0.5, 0.6) is 11.5 Å². The van der Waals surface area contributed by atoms with Crippen molar-refractivity contribution in [3.63, 3.8) is 0 Å². The summed E-state index contributed by atoms with van der Waals surface area (Å²) in [4.78, 5) is 35.1. The Balaban J connectivity index is 1.74. The van der Waals surface area contributed by atoms with Crippen LogP contribution in [0.1, 0.15) is 25.3 Å². The Hall–Kier alpha value is -3.88. The molecule has 0 spiro atoms. The maximum Gasteiger partial charge on any atom is 0.329 e. The highest BCUT2D eigenvalue weighted by Gasteiger charge is 2.11. The molecule has 2 aromatic rings. The van der Waals surface area contributed by atoms with Crippen molar-refractivity contribution < 1.29 is 23.9 Å². The normalized spacial score (nSPS) is 10.4. The Morgan fingerprint density at radius 2 is 1.65 bits per heavy atom. The predicted molar refractivity (Wildman–Crippen MR) is 117 cm³/mol. The van der Waals surface area contributed by atoms with Gasteiger partial charge < -0.3 is 20.1 Å². The molecule has 0 saturated carbocycles. The van der Waals surface area contributed by atoms with E-state index in [0.717, 1.165) is 12.8 Å². The monoisotopic (exact) mass is 426 g/mol. The fourth-order valence-corrected chi connectivity index (χ4v) is 2.35. The van der Waals surface area contributed by atoms with Crippen LogP contribution in [0, 0.1) is 0 Å². The van der Waals surface area contributed by atoms with Crippen LogP contribution in [0.25, 0.3) is 0 Å². The summed E-state index contributed by atoms with van der Waals surface area (Å²) in [5.41, 5.74) is 3.49. The number of nitrogens with zero attached hydrogens (tertiary/aromatic N) is 1. The number of ether oxygens (including phenoxy) is 2. The van der Waals surface area contributed by atoms with Crippen molar-refractivity contribution in [2.24, 2.45) is 5.10 Å². The van der Waals surface area contributed by atoms with Crippen molar-refractivity contribution in [1.29, 1.82) is 0 Å².